The normalized spacial score (nSPS) is 10.6. The van der Waals surface area contributed by atoms with Crippen molar-refractivity contribution in [1.29, 1.82) is 0 Å². The molecule has 2 N–H and O–H groups in total. The van der Waals surface area contributed by atoms with Gasteiger partial charge in [0, 0.05) is 6.54 Å². The van der Waals surface area contributed by atoms with Gasteiger partial charge in [0.05, 0.1) is 5.69 Å². The van der Waals surface area contributed by atoms with Crippen LogP contribution in [-0.2, 0) is 16.7 Å². The molecule has 0 radical (unpaired) electrons. The zero-order chi connectivity index (χ0) is 13.0. The Balaban J connectivity index is 0.00000180. The third kappa shape index (κ3) is 5.00. The monoisotopic (exact) mass is 303 g/mol. The zero-order valence-corrected chi connectivity index (χ0v) is 14.5. The molecule has 19 heavy (non-hydrogen) atoms. The Hall–Kier alpha value is -0.214. The molecule has 96 valence electrons. The quantitative estimate of drug-likeness (QED) is 0.599. The molecule has 0 aromatic heterocycles. The fraction of sp³-hybridized carbons (Fsp3) is 0.0769. The third-order valence-corrected chi connectivity index (χ3v) is 3.40. The van der Waals surface area contributed by atoms with Crippen molar-refractivity contribution in [3.63, 3.8) is 0 Å². The number of nitrogens with one attached hydrogen (secondary N) is 1. The first-order chi connectivity index (χ1) is 8.57. The summed E-state index contributed by atoms with van der Waals surface area (Å²) in [7, 11) is -4.20. The minimum Gasteiger partial charge on any atom is -1.00 e. The minimum absolute atomic E-state index is 0. The number of rotatable bonds is 4. The molecule has 0 aliphatic carbocycles. The van der Waals surface area contributed by atoms with Crippen LogP contribution in [-0.4, -0.2) is 13.0 Å². The van der Waals surface area contributed by atoms with Crippen molar-refractivity contribution in [2.45, 2.75) is 11.4 Å². The van der Waals surface area contributed by atoms with Gasteiger partial charge in [-0.15, -0.1) is 0 Å². The van der Waals surface area contributed by atoms with E-state index in [2.05, 4.69) is 5.32 Å². The molecule has 0 heterocycles. The summed E-state index contributed by atoms with van der Waals surface area (Å²) in [6, 6.07) is 15.9. The summed E-state index contributed by atoms with van der Waals surface area (Å²) >= 11 is 0. The molecule has 4 nitrogen and oxygen atoms in total. The Bertz CT molecular complexity index is 635. The predicted octanol–water partition coefficient (Wildman–Crippen LogP) is -0.338. The van der Waals surface area contributed by atoms with Crippen LogP contribution in [0.25, 0.3) is 0 Å². The van der Waals surface area contributed by atoms with Gasteiger partial charge in [-0.3, -0.25) is 4.55 Å². The van der Waals surface area contributed by atoms with E-state index >= 15 is 0 Å². The van der Waals surface area contributed by atoms with Gasteiger partial charge in [0.15, 0.2) is 0 Å². The number of para-hydroxylation sites is 1. The number of benzene rings is 2. The van der Waals surface area contributed by atoms with Gasteiger partial charge in [0.25, 0.3) is 10.1 Å². The molecular formula is C13H14KNO3S. The predicted molar refractivity (Wildman–Crippen MR) is 71.1 cm³/mol. The van der Waals surface area contributed by atoms with Gasteiger partial charge in [0.1, 0.15) is 4.90 Å². The van der Waals surface area contributed by atoms with Gasteiger partial charge in [-0.2, -0.15) is 8.42 Å². The molecule has 2 rings (SSSR count). The summed E-state index contributed by atoms with van der Waals surface area (Å²) in [6.07, 6.45) is 0. The largest absolute Gasteiger partial charge is 1.00 e. The Kier molecular flexibility index (Phi) is 6.68. The number of hydrogen-bond donors (Lipinski definition) is 2. The summed E-state index contributed by atoms with van der Waals surface area (Å²) in [5.41, 5.74) is 1.42. The zero-order valence-electron chi connectivity index (χ0n) is 11.6. The molecule has 0 atom stereocenters. The Morgan fingerprint density at radius 1 is 1.00 bits per heavy atom. The summed E-state index contributed by atoms with van der Waals surface area (Å²) in [6.45, 7) is 0.493. The maximum Gasteiger partial charge on any atom is 1.00 e. The van der Waals surface area contributed by atoms with Gasteiger partial charge >= 0.3 is 51.4 Å². The average Bonchev–Trinajstić information content (AvgIpc) is 2.37. The third-order valence-electron chi connectivity index (χ3n) is 2.49. The number of anilines is 1. The molecule has 0 saturated heterocycles. The van der Waals surface area contributed by atoms with E-state index in [0.717, 1.165) is 5.56 Å². The van der Waals surface area contributed by atoms with Gasteiger partial charge in [-0.1, -0.05) is 42.5 Å². The second-order valence-corrected chi connectivity index (χ2v) is 5.20. The van der Waals surface area contributed by atoms with Crippen LogP contribution >= 0.6 is 0 Å². The van der Waals surface area contributed by atoms with E-state index in [4.69, 9.17) is 4.55 Å². The van der Waals surface area contributed by atoms with E-state index in [1.54, 1.807) is 18.2 Å². The molecule has 6 heteroatoms. The van der Waals surface area contributed by atoms with Crippen molar-refractivity contribution < 1.29 is 65.8 Å². The molecule has 0 bridgehead atoms. The van der Waals surface area contributed by atoms with E-state index < -0.39 is 10.1 Å². The topological polar surface area (TPSA) is 66.4 Å². The first kappa shape index (κ1) is 16.8. The summed E-state index contributed by atoms with van der Waals surface area (Å²) in [4.78, 5) is -0.110. The van der Waals surface area contributed by atoms with Crippen LogP contribution in [0.3, 0.4) is 0 Å². The standard InChI is InChI=1S/C13H13NO3S.K.H/c15-18(16,17)13-9-5-4-8-12(13)14-10-11-6-2-1-3-7-11;;/h1-9,14H,10H2,(H,15,16,17);;/q;+1;-1. The second-order valence-electron chi connectivity index (χ2n) is 3.81. The van der Waals surface area contributed by atoms with Crippen LogP contribution in [0, 0.1) is 0 Å². The van der Waals surface area contributed by atoms with E-state index in [-0.39, 0.29) is 57.7 Å². The van der Waals surface area contributed by atoms with Crippen LogP contribution in [0.1, 0.15) is 6.99 Å². The number of hydrogen-bond acceptors (Lipinski definition) is 3. The van der Waals surface area contributed by atoms with Gasteiger partial charge in [0.2, 0.25) is 0 Å². The smallest absolute Gasteiger partial charge is 1.00 e. The van der Waals surface area contributed by atoms with Crippen molar-refractivity contribution in [2.24, 2.45) is 0 Å². The van der Waals surface area contributed by atoms with E-state index in [0.29, 0.717) is 12.2 Å². The van der Waals surface area contributed by atoms with Crippen LogP contribution < -0.4 is 56.7 Å². The van der Waals surface area contributed by atoms with Gasteiger partial charge in [-0.25, -0.2) is 0 Å². The average molecular weight is 303 g/mol. The summed E-state index contributed by atoms with van der Waals surface area (Å²) in [5, 5.41) is 3.00. The van der Waals surface area contributed by atoms with E-state index in [9.17, 15) is 8.42 Å². The Labute approximate surface area is 156 Å². The van der Waals surface area contributed by atoms with Crippen LogP contribution in [0.2, 0.25) is 0 Å². The molecule has 0 aliphatic rings. The van der Waals surface area contributed by atoms with Crippen LogP contribution in [0.5, 0.6) is 0 Å². The van der Waals surface area contributed by atoms with Crippen LogP contribution in [0.4, 0.5) is 5.69 Å². The van der Waals surface area contributed by atoms with E-state index in [1.165, 1.54) is 6.07 Å². The van der Waals surface area contributed by atoms with Gasteiger partial charge < -0.3 is 6.74 Å². The fourth-order valence-corrected chi connectivity index (χ4v) is 2.30. The SMILES string of the molecule is O=S(=O)(O)c1ccccc1NCc1ccccc1.[H-].[K+]. The first-order valence-corrected chi connectivity index (χ1v) is 6.86. The molecule has 0 saturated carbocycles. The van der Waals surface area contributed by atoms with Gasteiger partial charge in [-0.05, 0) is 17.7 Å². The molecule has 0 amide bonds. The molecule has 0 unspecified atom stereocenters. The summed E-state index contributed by atoms with van der Waals surface area (Å²) < 4.78 is 31.5. The summed E-state index contributed by atoms with van der Waals surface area (Å²) in [5.74, 6) is 0. The Morgan fingerprint density at radius 3 is 2.21 bits per heavy atom. The van der Waals surface area contributed by atoms with Crippen molar-refractivity contribution in [3.05, 3.63) is 60.2 Å². The Morgan fingerprint density at radius 2 is 1.58 bits per heavy atom. The molecule has 0 aliphatic heterocycles. The second kappa shape index (κ2) is 7.54. The minimum atomic E-state index is -4.20. The maximum atomic E-state index is 11.2. The molecule has 0 fully saturated rings. The molecule has 2 aromatic rings. The molecular weight excluding hydrogens is 289 g/mol. The maximum absolute atomic E-state index is 11.2. The van der Waals surface area contributed by atoms with E-state index in [1.807, 2.05) is 30.3 Å². The van der Waals surface area contributed by atoms with Crippen molar-refractivity contribution in [3.8, 4) is 0 Å². The first-order valence-electron chi connectivity index (χ1n) is 5.42. The molecule has 0 spiro atoms. The van der Waals surface area contributed by atoms with Crippen molar-refractivity contribution in [2.75, 3.05) is 5.32 Å². The molecule has 2 aromatic carbocycles. The van der Waals surface area contributed by atoms with Crippen molar-refractivity contribution >= 4 is 15.8 Å². The van der Waals surface area contributed by atoms with Crippen molar-refractivity contribution in [1.82, 2.24) is 0 Å². The fourth-order valence-electron chi connectivity index (χ4n) is 1.63. The van der Waals surface area contributed by atoms with Crippen LogP contribution in [0.15, 0.2) is 59.5 Å².